The summed E-state index contributed by atoms with van der Waals surface area (Å²) in [5, 5.41) is 3.31. The third-order valence-electron chi connectivity index (χ3n) is 2.43. The second-order valence-corrected chi connectivity index (χ2v) is 3.86. The molecule has 0 aliphatic carbocycles. The zero-order valence-electron chi connectivity index (χ0n) is 9.00. The van der Waals surface area contributed by atoms with E-state index in [2.05, 4.69) is 5.32 Å². The van der Waals surface area contributed by atoms with Crippen molar-refractivity contribution in [2.24, 2.45) is 5.73 Å². The molecule has 2 unspecified atom stereocenters. The normalized spacial score (nSPS) is 24.9. The van der Waals surface area contributed by atoms with Crippen LogP contribution >= 0.6 is 0 Å². The van der Waals surface area contributed by atoms with Crippen LogP contribution < -0.4 is 11.1 Å². The number of methoxy groups -OCH3 is 1. The Balaban J connectivity index is 1.96. The minimum atomic E-state index is 0.0867. The molecule has 4 nitrogen and oxygen atoms in total. The third-order valence-corrected chi connectivity index (χ3v) is 2.43. The molecule has 0 aromatic carbocycles. The number of ether oxygens (including phenoxy) is 2. The summed E-state index contributed by atoms with van der Waals surface area (Å²) in [4.78, 5) is 0. The van der Waals surface area contributed by atoms with Crippen LogP contribution in [0, 0.1) is 0 Å². The summed E-state index contributed by atoms with van der Waals surface area (Å²) in [7, 11) is 1.67. The van der Waals surface area contributed by atoms with Crippen LogP contribution in [-0.2, 0) is 9.47 Å². The van der Waals surface area contributed by atoms with Crippen molar-refractivity contribution in [1.82, 2.24) is 5.32 Å². The van der Waals surface area contributed by atoms with Gasteiger partial charge in [-0.1, -0.05) is 0 Å². The van der Waals surface area contributed by atoms with Gasteiger partial charge in [0.2, 0.25) is 0 Å². The summed E-state index contributed by atoms with van der Waals surface area (Å²) in [6, 6.07) is 0.0867. The van der Waals surface area contributed by atoms with Crippen molar-refractivity contribution >= 4 is 0 Å². The molecule has 2 atom stereocenters. The zero-order chi connectivity index (χ0) is 10.2. The van der Waals surface area contributed by atoms with Gasteiger partial charge in [-0.25, -0.2) is 0 Å². The summed E-state index contributed by atoms with van der Waals surface area (Å²) in [5.41, 5.74) is 5.77. The highest BCUT2D eigenvalue weighted by Gasteiger charge is 2.13. The Morgan fingerprint density at radius 2 is 2.43 bits per heavy atom. The lowest BCUT2D eigenvalue weighted by molar-refractivity contribution is 0.0165. The SMILES string of the molecule is COCC(N)CNCC1CCCCO1. The van der Waals surface area contributed by atoms with Crippen LogP contribution in [0.5, 0.6) is 0 Å². The average Bonchev–Trinajstić information content (AvgIpc) is 2.20. The highest BCUT2D eigenvalue weighted by Crippen LogP contribution is 2.11. The lowest BCUT2D eigenvalue weighted by Crippen LogP contribution is -2.41. The maximum atomic E-state index is 5.77. The molecule has 1 fully saturated rings. The first-order valence-corrected chi connectivity index (χ1v) is 5.39. The molecule has 1 aliphatic rings. The van der Waals surface area contributed by atoms with E-state index in [1.165, 1.54) is 19.3 Å². The Morgan fingerprint density at radius 1 is 1.57 bits per heavy atom. The van der Waals surface area contributed by atoms with E-state index in [1.54, 1.807) is 7.11 Å². The van der Waals surface area contributed by atoms with Crippen LogP contribution in [0.1, 0.15) is 19.3 Å². The molecule has 0 aromatic heterocycles. The first kappa shape index (κ1) is 11.9. The predicted molar refractivity (Wildman–Crippen MR) is 56.3 cm³/mol. The predicted octanol–water partition coefficient (Wildman–Crippen LogP) is 0.119. The number of rotatable bonds is 6. The number of hydrogen-bond acceptors (Lipinski definition) is 4. The van der Waals surface area contributed by atoms with E-state index in [0.29, 0.717) is 12.7 Å². The smallest absolute Gasteiger partial charge is 0.0699 e. The lowest BCUT2D eigenvalue weighted by Gasteiger charge is -2.23. The Kier molecular flexibility index (Phi) is 6.10. The van der Waals surface area contributed by atoms with Crippen molar-refractivity contribution in [3.8, 4) is 0 Å². The van der Waals surface area contributed by atoms with Crippen molar-refractivity contribution in [2.75, 3.05) is 33.4 Å². The van der Waals surface area contributed by atoms with Crippen molar-refractivity contribution in [2.45, 2.75) is 31.4 Å². The van der Waals surface area contributed by atoms with E-state index in [-0.39, 0.29) is 6.04 Å². The number of nitrogens with one attached hydrogen (secondary N) is 1. The van der Waals surface area contributed by atoms with Gasteiger partial charge < -0.3 is 20.5 Å². The minimum absolute atomic E-state index is 0.0867. The Bertz CT molecular complexity index is 138. The van der Waals surface area contributed by atoms with Gasteiger partial charge in [0.25, 0.3) is 0 Å². The highest BCUT2D eigenvalue weighted by molar-refractivity contribution is 4.69. The van der Waals surface area contributed by atoms with Gasteiger partial charge in [-0.3, -0.25) is 0 Å². The van der Waals surface area contributed by atoms with Gasteiger partial charge in [0, 0.05) is 32.8 Å². The molecule has 0 amide bonds. The molecular formula is C10H22N2O2. The van der Waals surface area contributed by atoms with E-state index in [4.69, 9.17) is 15.2 Å². The molecule has 0 aromatic rings. The number of nitrogens with two attached hydrogens (primary N) is 1. The molecule has 14 heavy (non-hydrogen) atoms. The fourth-order valence-electron chi connectivity index (χ4n) is 1.67. The Labute approximate surface area is 86.1 Å². The number of hydrogen-bond donors (Lipinski definition) is 2. The summed E-state index contributed by atoms with van der Waals surface area (Å²) in [6.45, 7) is 3.24. The fraction of sp³-hybridized carbons (Fsp3) is 1.00. The molecule has 1 aliphatic heterocycles. The quantitative estimate of drug-likeness (QED) is 0.642. The maximum Gasteiger partial charge on any atom is 0.0699 e. The molecular weight excluding hydrogens is 180 g/mol. The standard InChI is InChI=1S/C10H22N2O2/c1-13-8-9(11)6-12-7-10-4-2-3-5-14-10/h9-10,12H,2-8,11H2,1H3. The van der Waals surface area contributed by atoms with Crippen LogP contribution in [0.15, 0.2) is 0 Å². The molecule has 0 saturated carbocycles. The molecule has 3 N–H and O–H groups in total. The Hall–Kier alpha value is -0.160. The molecule has 4 heteroatoms. The van der Waals surface area contributed by atoms with Gasteiger partial charge in [0.1, 0.15) is 0 Å². The largest absolute Gasteiger partial charge is 0.383 e. The highest BCUT2D eigenvalue weighted by atomic mass is 16.5. The van der Waals surface area contributed by atoms with E-state index >= 15 is 0 Å². The van der Waals surface area contributed by atoms with Crippen molar-refractivity contribution in [3.63, 3.8) is 0 Å². The first-order chi connectivity index (χ1) is 6.83. The molecule has 1 saturated heterocycles. The minimum Gasteiger partial charge on any atom is -0.383 e. The zero-order valence-corrected chi connectivity index (χ0v) is 9.00. The van der Waals surface area contributed by atoms with Crippen LogP contribution in [0.4, 0.5) is 0 Å². The van der Waals surface area contributed by atoms with E-state index in [9.17, 15) is 0 Å². The van der Waals surface area contributed by atoms with Gasteiger partial charge in [-0.2, -0.15) is 0 Å². The monoisotopic (exact) mass is 202 g/mol. The van der Waals surface area contributed by atoms with E-state index in [0.717, 1.165) is 19.7 Å². The lowest BCUT2D eigenvalue weighted by atomic mass is 10.1. The topological polar surface area (TPSA) is 56.5 Å². The molecule has 0 spiro atoms. The van der Waals surface area contributed by atoms with E-state index in [1.807, 2.05) is 0 Å². The van der Waals surface area contributed by atoms with Crippen LogP contribution in [0.25, 0.3) is 0 Å². The average molecular weight is 202 g/mol. The van der Waals surface area contributed by atoms with Gasteiger partial charge >= 0.3 is 0 Å². The molecule has 1 heterocycles. The summed E-state index contributed by atoms with van der Waals surface area (Å²) in [5.74, 6) is 0. The van der Waals surface area contributed by atoms with Crippen molar-refractivity contribution in [1.29, 1.82) is 0 Å². The van der Waals surface area contributed by atoms with Crippen molar-refractivity contribution < 1.29 is 9.47 Å². The van der Waals surface area contributed by atoms with Gasteiger partial charge in [0.15, 0.2) is 0 Å². The first-order valence-electron chi connectivity index (χ1n) is 5.39. The van der Waals surface area contributed by atoms with Gasteiger partial charge in [-0.15, -0.1) is 0 Å². The second-order valence-electron chi connectivity index (χ2n) is 3.86. The van der Waals surface area contributed by atoms with Crippen molar-refractivity contribution in [3.05, 3.63) is 0 Å². The summed E-state index contributed by atoms with van der Waals surface area (Å²) < 4.78 is 10.5. The second kappa shape index (κ2) is 7.17. The summed E-state index contributed by atoms with van der Waals surface area (Å²) >= 11 is 0. The molecule has 84 valence electrons. The van der Waals surface area contributed by atoms with Gasteiger partial charge in [-0.05, 0) is 19.3 Å². The summed E-state index contributed by atoms with van der Waals surface area (Å²) in [6.07, 6.45) is 4.06. The Morgan fingerprint density at radius 3 is 3.07 bits per heavy atom. The van der Waals surface area contributed by atoms with Crippen LogP contribution in [0.2, 0.25) is 0 Å². The van der Waals surface area contributed by atoms with Crippen LogP contribution in [-0.4, -0.2) is 45.6 Å². The molecule has 1 rings (SSSR count). The fourth-order valence-corrected chi connectivity index (χ4v) is 1.67. The van der Waals surface area contributed by atoms with Crippen LogP contribution in [0.3, 0.4) is 0 Å². The van der Waals surface area contributed by atoms with Gasteiger partial charge in [0.05, 0.1) is 12.7 Å². The molecule has 0 radical (unpaired) electrons. The maximum absolute atomic E-state index is 5.77. The van der Waals surface area contributed by atoms with E-state index < -0.39 is 0 Å². The third kappa shape index (κ3) is 4.91. The molecule has 0 bridgehead atoms.